The summed E-state index contributed by atoms with van der Waals surface area (Å²) >= 11 is 0. The van der Waals surface area contributed by atoms with Gasteiger partial charge in [0.15, 0.2) is 6.61 Å². The predicted molar refractivity (Wildman–Crippen MR) is 68.5 cm³/mol. The number of amides is 1. The van der Waals surface area contributed by atoms with E-state index in [4.69, 9.17) is 20.5 Å². The summed E-state index contributed by atoms with van der Waals surface area (Å²) in [4.78, 5) is 12.1. The maximum absolute atomic E-state index is 12.1. The van der Waals surface area contributed by atoms with Gasteiger partial charge < -0.3 is 20.5 Å². The number of nitriles is 1. The van der Waals surface area contributed by atoms with Crippen molar-refractivity contribution in [2.75, 3.05) is 25.1 Å². The molecule has 1 aromatic rings. The number of nitrogens with one attached hydrogen (secondary N) is 1. The van der Waals surface area contributed by atoms with E-state index >= 15 is 0 Å². The molecule has 1 atom stereocenters. The number of hydrogen-bond acceptors (Lipinski definition) is 5. The summed E-state index contributed by atoms with van der Waals surface area (Å²) in [6, 6.07) is 8.71. The van der Waals surface area contributed by atoms with Crippen LogP contribution in [0.3, 0.4) is 0 Å². The van der Waals surface area contributed by atoms with E-state index in [-0.39, 0.29) is 19.1 Å². The molecule has 100 valence electrons. The molecule has 6 nitrogen and oxygen atoms in total. The Balaban J connectivity index is 2.02. The highest BCUT2D eigenvalue weighted by Crippen LogP contribution is 2.21. The third kappa shape index (κ3) is 3.22. The molecule has 1 aromatic carbocycles. The monoisotopic (exact) mass is 261 g/mol. The normalized spacial score (nSPS) is 21.7. The highest BCUT2D eigenvalue weighted by molar-refractivity contribution is 5.98. The molecular formula is C13H15N3O3. The van der Waals surface area contributed by atoms with Gasteiger partial charge in [0, 0.05) is 18.4 Å². The van der Waals surface area contributed by atoms with E-state index in [2.05, 4.69) is 5.32 Å². The van der Waals surface area contributed by atoms with Gasteiger partial charge in [-0.2, -0.15) is 5.26 Å². The molecule has 0 aromatic heterocycles. The minimum Gasteiger partial charge on any atom is -0.479 e. The third-order valence-electron chi connectivity index (χ3n) is 2.90. The molecule has 0 aliphatic carbocycles. The van der Waals surface area contributed by atoms with Crippen LogP contribution in [0.4, 0.5) is 5.69 Å². The number of hydrogen-bond donors (Lipinski definition) is 2. The summed E-state index contributed by atoms with van der Waals surface area (Å²) in [6.07, 6.45) is 0.503. The van der Waals surface area contributed by atoms with Crippen molar-refractivity contribution in [2.24, 2.45) is 5.73 Å². The number of benzene rings is 1. The van der Waals surface area contributed by atoms with Gasteiger partial charge in [0.2, 0.25) is 5.91 Å². The van der Waals surface area contributed by atoms with Crippen LogP contribution in [-0.4, -0.2) is 31.3 Å². The Morgan fingerprint density at radius 3 is 3.16 bits per heavy atom. The van der Waals surface area contributed by atoms with Crippen LogP contribution in [0.2, 0.25) is 0 Å². The SMILES string of the molecule is N#CCOc1cccc(NC(=O)C2(N)CCOC2)c1. The van der Waals surface area contributed by atoms with Crippen molar-refractivity contribution in [3.8, 4) is 11.8 Å². The van der Waals surface area contributed by atoms with Gasteiger partial charge in [-0.05, 0) is 18.6 Å². The van der Waals surface area contributed by atoms with E-state index in [0.29, 0.717) is 24.5 Å². The fourth-order valence-corrected chi connectivity index (χ4v) is 1.79. The summed E-state index contributed by atoms with van der Waals surface area (Å²) in [5, 5.41) is 11.2. The van der Waals surface area contributed by atoms with Gasteiger partial charge in [-0.3, -0.25) is 4.79 Å². The largest absolute Gasteiger partial charge is 0.479 e. The zero-order chi connectivity index (χ0) is 13.7. The molecule has 1 amide bonds. The summed E-state index contributed by atoms with van der Waals surface area (Å²) in [6.45, 7) is 0.685. The van der Waals surface area contributed by atoms with Crippen LogP contribution in [0, 0.1) is 11.3 Å². The minimum atomic E-state index is -0.969. The zero-order valence-electron chi connectivity index (χ0n) is 10.4. The summed E-state index contributed by atoms with van der Waals surface area (Å²) in [5.41, 5.74) is 5.57. The van der Waals surface area contributed by atoms with Crippen molar-refractivity contribution in [1.82, 2.24) is 0 Å². The Morgan fingerprint density at radius 1 is 1.63 bits per heavy atom. The van der Waals surface area contributed by atoms with Gasteiger partial charge in [0.25, 0.3) is 0 Å². The standard InChI is InChI=1S/C13H15N3O3/c14-5-7-19-11-3-1-2-10(8-11)16-12(17)13(15)4-6-18-9-13/h1-3,8H,4,6-7,9,15H2,(H,16,17). The first-order chi connectivity index (χ1) is 9.14. The van der Waals surface area contributed by atoms with E-state index in [1.54, 1.807) is 24.3 Å². The average molecular weight is 261 g/mol. The minimum absolute atomic E-state index is 0.0356. The molecule has 6 heteroatoms. The Morgan fingerprint density at radius 2 is 2.47 bits per heavy atom. The maximum atomic E-state index is 12.1. The highest BCUT2D eigenvalue weighted by atomic mass is 16.5. The van der Waals surface area contributed by atoms with Crippen molar-refractivity contribution in [3.05, 3.63) is 24.3 Å². The lowest BCUT2D eigenvalue weighted by atomic mass is 9.99. The first-order valence-corrected chi connectivity index (χ1v) is 5.92. The van der Waals surface area contributed by atoms with Gasteiger partial charge in [0.1, 0.15) is 17.4 Å². The summed E-state index contributed by atoms with van der Waals surface area (Å²) in [5.74, 6) is 0.246. The molecule has 1 unspecified atom stereocenters. The summed E-state index contributed by atoms with van der Waals surface area (Å²) < 4.78 is 10.3. The van der Waals surface area contributed by atoms with E-state index in [0.717, 1.165) is 0 Å². The highest BCUT2D eigenvalue weighted by Gasteiger charge is 2.38. The Bertz CT molecular complexity index is 504. The molecule has 0 radical (unpaired) electrons. The van der Waals surface area contributed by atoms with Crippen molar-refractivity contribution in [3.63, 3.8) is 0 Å². The second kappa shape index (κ2) is 5.69. The van der Waals surface area contributed by atoms with Crippen LogP contribution in [0.1, 0.15) is 6.42 Å². The van der Waals surface area contributed by atoms with Crippen LogP contribution < -0.4 is 15.8 Å². The first kappa shape index (κ1) is 13.3. The van der Waals surface area contributed by atoms with E-state index in [1.165, 1.54) is 0 Å². The molecule has 19 heavy (non-hydrogen) atoms. The van der Waals surface area contributed by atoms with Crippen molar-refractivity contribution >= 4 is 11.6 Å². The molecule has 1 aliphatic heterocycles. The number of carbonyl (C=O) groups is 1. The number of nitrogens with two attached hydrogens (primary N) is 1. The molecule has 1 fully saturated rings. The van der Waals surface area contributed by atoms with Gasteiger partial charge in [-0.25, -0.2) is 0 Å². The Hall–Kier alpha value is -2.10. The van der Waals surface area contributed by atoms with Gasteiger partial charge in [0.05, 0.1) is 6.61 Å². The molecule has 0 spiro atoms. The fraction of sp³-hybridized carbons (Fsp3) is 0.385. The number of rotatable bonds is 4. The smallest absolute Gasteiger partial charge is 0.246 e. The van der Waals surface area contributed by atoms with Gasteiger partial charge >= 0.3 is 0 Å². The van der Waals surface area contributed by atoms with Gasteiger partial charge in [-0.1, -0.05) is 6.07 Å². The van der Waals surface area contributed by atoms with Crippen LogP contribution in [0.25, 0.3) is 0 Å². The van der Waals surface area contributed by atoms with Crippen LogP contribution >= 0.6 is 0 Å². The maximum Gasteiger partial charge on any atom is 0.246 e. The average Bonchev–Trinajstić information content (AvgIpc) is 2.85. The van der Waals surface area contributed by atoms with Crippen LogP contribution in [0.5, 0.6) is 5.75 Å². The zero-order valence-corrected chi connectivity index (χ0v) is 10.4. The summed E-state index contributed by atoms with van der Waals surface area (Å²) in [7, 11) is 0. The molecule has 3 N–H and O–H groups in total. The van der Waals surface area contributed by atoms with Crippen LogP contribution in [-0.2, 0) is 9.53 Å². The van der Waals surface area contributed by atoms with Gasteiger partial charge in [-0.15, -0.1) is 0 Å². The lowest BCUT2D eigenvalue weighted by molar-refractivity contribution is -0.121. The van der Waals surface area contributed by atoms with Crippen molar-refractivity contribution in [1.29, 1.82) is 5.26 Å². The van der Waals surface area contributed by atoms with Crippen LogP contribution in [0.15, 0.2) is 24.3 Å². The third-order valence-corrected chi connectivity index (χ3v) is 2.90. The number of ether oxygens (including phenoxy) is 2. The second-order valence-electron chi connectivity index (χ2n) is 4.39. The molecule has 2 rings (SSSR count). The van der Waals surface area contributed by atoms with E-state index in [9.17, 15) is 4.79 Å². The lowest BCUT2D eigenvalue weighted by Crippen LogP contribution is -2.51. The van der Waals surface area contributed by atoms with E-state index in [1.807, 2.05) is 6.07 Å². The predicted octanol–water partition coefficient (Wildman–Crippen LogP) is 0.645. The molecule has 1 aliphatic rings. The molecule has 0 saturated carbocycles. The lowest BCUT2D eigenvalue weighted by Gasteiger charge is -2.20. The fourth-order valence-electron chi connectivity index (χ4n) is 1.79. The Labute approximate surface area is 111 Å². The number of nitrogens with zero attached hydrogens (tertiary/aromatic N) is 1. The topological polar surface area (TPSA) is 97.4 Å². The van der Waals surface area contributed by atoms with Crippen molar-refractivity contribution in [2.45, 2.75) is 12.0 Å². The van der Waals surface area contributed by atoms with Crippen molar-refractivity contribution < 1.29 is 14.3 Å². The number of anilines is 1. The molecule has 1 saturated heterocycles. The molecule has 1 heterocycles. The van der Waals surface area contributed by atoms with E-state index < -0.39 is 5.54 Å². The molecule has 0 bridgehead atoms. The molecular weight excluding hydrogens is 246 g/mol. The Kier molecular flexibility index (Phi) is 4.00. The quantitative estimate of drug-likeness (QED) is 0.829. The number of carbonyl (C=O) groups excluding carboxylic acids is 1. The second-order valence-corrected chi connectivity index (χ2v) is 4.39. The first-order valence-electron chi connectivity index (χ1n) is 5.92.